The number of rotatable bonds is 6. The Morgan fingerprint density at radius 2 is 1.02 bits per heavy atom. The van der Waals surface area contributed by atoms with E-state index >= 15 is 0 Å². The second kappa shape index (κ2) is 13.0. The summed E-state index contributed by atoms with van der Waals surface area (Å²) in [5.74, 6) is 0. The third kappa shape index (κ3) is 5.33. The Hall–Kier alpha value is -7.16. The topological polar surface area (TPSA) is 8.17 Å². The molecule has 1 aliphatic carbocycles. The highest BCUT2D eigenvalue weighted by Crippen LogP contribution is 2.51. The van der Waals surface area contributed by atoms with Crippen molar-refractivity contribution in [3.05, 3.63) is 217 Å². The van der Waals surface area contributed by atoms with Crippen LogP contribution in [0.4, 0.5) is 17.1 Å². The summed E-state index contributed by atoms with van der Waals surface area (Å²) in [4.78, 5) is 2.40. The maximum Gasteiger partial charge on any atom is 0.0547 e. The van der Waals surface area contributed by atoms with Crippen LogP contribution in [0.15, 0.2) is 206 Å². The van der Waals surface area contributed by atoms with Gasteiger partial charge in [-0.15, -0.1) is 0 Å². The number of anilines is 3. The van der Waals surface area contributed by atoms with Gasteiger partial charge in [0, 0.05) is 38.9 Å². The Morgan fingerprint density at radius 1 is 0.386 bits per heavy atom. The molecule has 0 saturated carbocycles. The van der Waals surface area contributed by atoms with Gasteiger partial charge in [0.15, 0.2) is 0 Å². The first-order chi connectivity index (χ1) is 28.0. The zero-order valence-electron chi connectivity index (χ0n) is 32.0. The number of para-hydroxylation sites is 2. The maximum absolute atomic E-state index is 2.42. The van der Waals surface area contributed by atoms with E-state index in [0.717, 1.165) is 22.7 Å². The molecule has 0 atom stereocenters. The third-order valence-electron chi connectivity index (χ3n) is 12.1. The molecule has 2 nitrogen and oxygen atoms in total. The van der Waals surface area contributed by atoms with Crippen LogP contribution >= 0.6 is 0 Å². The molecule has 9 aromatic carbocycles. The van der Waals surface area contributed by atoms with Crippen molar-refractivity contribution in [2.75, 3.05) is 4.90 Å². The van der Waals surface area contributed by atoms with E-state index in [-0.39, 0.29) is 5.41 Å². The van der Waals surface area contributed by atoms with Gasteiger partial charge in [0.05, 0.1) is 11.0 Å². The molecule has 0 bridgehead atoms. The van der Waals surface area contributed by atoms with Gasteiger partial charge < -0.3 is 9.47 Å². The lowest BCUT2D eigenvalue weighted by Gasteiger charge is -2.28. The summed E-state index contributed by atoms with van der Waals surface area (Å²) < 4.78 is 2.42. The maximum atomic E-state index is 2.42. The number of nitrogens with zero attached hydrogens (tertiary/aromatic N) is 2. The molecule has 0 aliphatic heterocycles. The van der Waals surface area contributed by atoms with Crippen LogP contribution in [0.1, 0.15) is 25.0 Å². The molecule has 0 N–H and O–H groups in total. The smallest absolute Gasteiger partial charge is 0.0547 e. The minimum atomic E-state index is -0.0845. The molecule has 10 aromatic rings. The molecule has 11 rings (SSSR count). The second-order valence-corrected chi connectivity index (χ2v) is 15.8. The number of aromatic nitrogens is 1. The number of benzene rings is 9. The van der Waals surface area contributed by atoms with Crippen molar-refractivity contribution >= 4 is 49.6 Å². The van der Waals surface area contributed by atoms with Crippen LogP contribution in [-0.4, -0.2) is 4.57 Å². The zero-order chi connectivity index (χ0) is 38.1. The molecule has 0 radical (unpaired) electrons. The lowest BCUT2D eigenvalue weighted by Crippen LogP contribution is -2.16. The van der Waals surface area contributed by atoms with E-state index in [9.17, 15) is 0 Å². The molecule has 0 amide bonds. The van der Waals surface area contributed by atoms with Crippen LogP contribution < -0.4 is 4.90 Å². The molecule has 2 heteroatoms. The van der Waals surface area contributed by atoms with Gasteiger partial charge >= 0.3 is 0 Å². The van der Waals surface area contributed by atoms with Crippen molar-refractivity contribution in [2.24, 2.45) is 0 Å². The first-order valence-electron chi connectivity index (χ1n) is 19.8. The number of fused-ring (bicyclic) bond motifs is 8. The van der Waals surface area contributed by atoms with Crippen LogP contribution in [0, 0.1) is 0 Å². The van der Waals surface area contributed by atoms with Crippen LogP contribution in [0.3, 0.4) is 0 Å². The molecule has 1 aliphatic rings. The van der Waals surface area contributed by atoms with Crippen LogP contribution in [-0.2, 0) is 5.41 Å². The average molecular weight is 729 g/mol. The summed E-state index contributed by atoms with van der Waals surface area (Å²) in [5, 5.41) is 5.09. The van der Waals surface area contributed by atoms with Crippen LogP contribution in [0.5, 0.6) is 0 Å². The largest absolute Gasteiger partial charge is 0.310 e. The molecule has 0 fully saturated rings. The summed E-state index contributed by atoms with van der Waals surface area (Å²) in [6.07, 6.45) is 0. The highest BCUT2D eigenvalue weighted by atomic mass is 15.1. The molecule has 57 heavy (non-hydrogen) atoms. The Balaban J connectivity index is 1.02. The first-order valence-corrected chi connectivity index (χ1v) is 19.8. The number of hydrogen-bond acceptors (Lipinski definition) is 1. The molecule has 1 aromatic heterocycles. The van der Waals surface area contributed by atoms with E-state index in [1.807, 2.05) is 0 Å². The van der Waals surface area contributed by atoms with E-state index in [2.05, 4.69) is 230 Å². The summed E-state index contributed by atoms with van der Waals surface area (Å²) in [6, 6.07) is 75.6. The van der Waals surface area contributed by atoms with Gasteiger partial charge in [-0.1, -0.05) is 153 Å². The van der Waals surface area contributed by atoms with E-state index in [0.29, 0.717) is 0 Å². The Bertz CT molecular complexity index is 3150. The highest BCUT2D eigenvalue weighted by Gasteiger charge is 2.35. The van der Waals surface area contributed by atoms with E-state index in [4.69, 9.17) is 0 Å². The molecular formula is C55H40N2. The van der Waals surface area contributed by atoms with Gasteiger partial charge in [0.1, 0.15) is 0 Å². The van der Waals surface area contributed by atoms with Crippen molar-refractivity contribution in [3.8, 4) is 39.1 Å². The first kappa shape index (κ1) is 33.2. The van der Waals surface area contributed by atoms with Crippen molar-refractivity contribution in [1.82, 2.24) is 4.57 Å². The van der Waals surface area contributed by atoms with E-state index in [1.54, 1.807) is 0 Å². The Morgan fingerprint density at radius 3 is 1.84 bits per heavy atom. The van der Waals surface area contributed by atoms with Gasteiger partial charge in [-0.05, 0) is 122 Å². The Kier molecular flexibility index (Phi) is 7.55. The van der Waals surface area contributed by atoms with Gasteiger partial charge in [-0.25, -0.2) is 0 Å². The number of hydrogen-bond donors (Lipinski definition) is 0. The summed E-state index contributed by atoms with van der Waals surface area (Å²) >= 11 is 0. The fraction of sp³-hybridized carbons (Fsp3) is 0.0545. The second-order valence-electron chi connectivity index (χ2n) is 15.8. The lowest BCUT2D eigenvalue weighted by atomic mass is 9.82. The zero-order valence-corrected chi connectivity index (χ0v) is 32.0. The summed E-state index contributed by atoms with van der Waals surface area (Å²) in [5.41, 5.74) is 17.1. The minimum absolute atomic E-state index is 0.0845. The minimum Gasteiger partial charge on any atom is -0.310 e. The molecular weight excluding hydrogens is 689 g/mol. The van der Waals surface area contributed by atoms with Gasteiger partial charge in [-0.3, -0.25) is 0 Å². The van der Waals surface area contributed by atoms with Gasteiger partial charge in [0.2, 0.25) is 0 Å². The SMILES string of the molecule is CC1(C)c2ccccc2-c2ccc(N(c3ccccc3)c3cccc(-c4cccc(-c5ccc6c7c8ccccc8ccc7n(-c7ccccc7)c6c5)c4)c3)cc21. The molecule has 0 spiro atoms. The van der Waals surface area contributed by atoms with Crippen molar-refractivity contribution < 1.29 is 0 Å². The Labute approximate surface area is 333 Å². The predicted octanol–water partition coefficient (Wildman–Crippen LogP) is 15.0. The van der Waals surface area contributed by atoms with Crippen molar-refractivity contribution in [1.29, 1.82) is 0 Å². The highest BCUT2D eigenvalue weighted by molar-refractivity contribution is 6.21. The average Bonchev–Trinajstić information content (AvgIpc) is 3.72. The predicted molar refractivity (Wildman–Crippen MR) is 241 cm³/mol. The normalized spacial score (nSPS) is 12.9. The monoisotopic (exact) mass is 728 g/mol. The third-order valence-corrected chi connectivity index (χ3v) is 12.1. The quantitative estimate of drug-likeness (QED) is 0.165. The van der Waals surface area contributed by atoms with Crippen molar-refractivity contribution in [3.63, 3.8) is 0 Å². The van der Waals surface area contributed by atoms with Crippen LogP contribution in [0.25, 0.3) is 71.6 Å². The van der Waals surface area contributed by atoms with Crippen molar-refractivity contribution in [2.45, 2.75) is 19.3 Å². The molecule has 0 unspecified atom stereocenters. The van der Waals surface area contributed by atoms with Gasteiger partial charge in [-0.2, -0.15) is 0 Å². The van der Waals surface area contributed by atoms with E-state index in [1.165, 1.54) is 77.1 Å². The molecule has 270 valence electrons. The fourth-order valence-corrected chi connectivity index (χ4v) is 9.38. The van der Waals surface area contributed by atoms with Crippen LogP contribution in [0.2, 0.25) is 0 Å². The fourth-order valence-electron chi connectivity index (χ4n) is 9.38. The van der Waals surface area contributed by atoms with Gasteiger partial charge in [0.25, 0.3) is 0 Å². The lowest BCUT2D eigenvalue weighted by molar-refractivity contribution is 0.660. The van der Waals surface area contributed by atoms with E-state index < -0.39 is 0 Å². The molecule has 1 heterocycles. The summed E-state index contributed by atoms with van der Waals surface area (Å²) in [7, 11) is 0. The molecule has 0 saturated heterocycles. The summed E-state index contributed by atoms with van der Waals surface area (Å²) in [6.45, 7) is 4.70. The standard InChI is InChI=1S/C55H40N2/c1-55(2)50-26-12-11-25-47(50)48-31-29-45(36-51(48)55)56(42-19-5-3-6-20-42)44-23-14-18-40(34-44)38-16-13-17-39(33-38)41-27-30-49-53(35-41)57(43-21-7-4-8-22-43)52-32-28-37-15-9-10-24-46(37)54(49)52/h3-36H,1-2H3.